The van der Waals surface area contributed by atoms with E-state index in [0.717, 1.165) is 9.54 Å². The maximum absolute atomic E-state index is 5.99. The Hall–Kier alpha value is -0.840. The number of rotatable bonds is 4. The van der Waals surface area contributed by atoms with E-state index in [9.17, 15) is 0 Å². The second kappa shape index (κ2) is 6.07. The Morgan fingerprint density at radius 2 is 1.95 bits per heavy atom. The first kappa shape index (κ1) is 14.6. The predicted octanol–water partition coefficient (Wildman–Crippen LogP) is 4.23. The topological polar surface area (TPSA) is 35.2 Å². The Morgan fingerprint density at radius 3 is 2.47 bits per heavy atom. The molecular formula is C15H18BrNOS. The number of hydrogen-bond donors (Lipinski definition) is 1. The average Bonchev–Trinajstić information content (AvgIpc) is 2.81. The van der Waals surface area contributed by atoms with Crippen LogP contribution in [0.3, 0.4) is 0 Å². The monoisotopic (exact) mass is 339 g/mol. The minimum Gasteiger partial charge on any atom is -0.496 e. The normalized spacial score (nSPS) is 12.5. The van der Waals surface area contributed by atoms with Crippen LogP contribution in [-0.4, -0.2) is 13.7 Å². The average molecular weight is 340 g/mol. The van der Waals surface area contributed by atoms with Gasteiger partial charge in [-0.3, -0.25) is 0 Å². The van der Waals surface area contributed by atoms with Crippen molar-refractivity contribution in [1.82, 2.24) is 0 Å². The highest BCUT2D eigenvalue weighted by Crippen LogP contribution is 2.37. The van der Waals surface area contributed by atoms with Crippen LogP contribution in [0.1, 0.15) is 27.5 Å². The molecule has 2 rings (SSSR count). The lowest BCUT2D eigenvalue weighted by molar-refractivity contribution is 0.407. The lowest BCUT2D eigenvalue weighted by Gasteiger charge is -2.19. The smallest absolute Gasteiger partial charge is 0.123 e. The van der Waals surface area contributed by atoms with Crippen molar-refractivity contribution in [3.8, 4) is 5.75 Å². The molecule has 1 unspecified atom stereocenters. The van der Waals surface area contributed by atoms with E-state index in [1.807, 2.05) is 0 Å². The number of thiophene rings is 1. The molecule has 1 heterocycles. The molecule has 1 aromatic carbocycles. The number of benzene rings is 1. The van der Waals surface area contributed by atoms with Crippen LogP contribution in [0.4, 0.5) is 0 Å². The van der Waals surface area contributed by atoms with Crippen molar-refractivity contribution in [1.29, 1.82) is 0 Å². The highest BCUT2D eigenvalue weighted by molar-refractivity contribution is 9.11. The summed E-state index contributed by atoms with van der Waals surface area (Å²) < 4.78 is 6.66. The third-order valence-corrected chi connectivity index (χ3v) is 5.13. The van der Waals surface area contributed by atoms with Gasteiger partial charge in [-0.05, 0) is 59.1 Å². The van der Waals surface area contributed by atoms with Crippen LogP contribution < -0.4 is 10.5 Å². The van der Waals surface area contributed by atoms with Crippen molar-refractivity contribution in [2.24, 2.45) is 5.73 Å². The SMILES string of the molecule is COc1cc(C)c(C)cc1C(CN)c1ccc(Br)s1. The van der Waals surface area contributed by atoms with E-state index in [1.54, 1.807) is 18.4 Å². The largest absolute Gasteiger partial charge is 0.496 e. The molecule has 0 bridgehead atoms. The molecule has 0 aliphatic heterocycles. The lowest BCUT2D eigenvalue weighted by atomic mass is 9.93. The van der Waals surface area contributed by atoms with Gasteiger partial charge in [0.25, 0.3) is 0 Å². The van der Waals surface area contributed by atoms with Crippen LogP contribution in [0.15, 0.2) is 28.1 Å². The van der Waals surface area contributed by atoms with E-state index in [0.29, 0.717) is 6.54 Å². The molecule has 0 saturated heterocycles. The van der Waals surface area contributed by atoms with Crippen molar-refractivity contribution in [3.63, 3.8) is 0 Å². The molecule has 102 valence electrons. The van der Waals surface area contributed by atoms with Gasteiger partial charge < -0.3 is 10.5 Å². The van der Waals surface area contributed by atoms with E-state index in [4.69, 9.17) is 10.5 Å². The third-order valence-electron chi connectivity index (χ3n) is 3.39. The summed E-state index contributed by atoms with van der Waals surface area (Å²) in [6.07, 6.45) is 0. The van der Waals surface area contributed by atoms with Gasteiger partial charge in [0.2, 0.25) is 0 Å². The lowest BCUT2D eigenvalue weighted by Crippen LogP contribution is -2.14. The minimum absolute atomic E-state index is 0.186. The van der Waals surface area contributed by atoms with Crippen LogP contribution in [-0.2, 0) is 0 Å². The Bertz CT molecular complexity index is 580. The fourth-order valence-corrected chi connectivity index (χ4v) is 3.73. The summed E-state index contributed by atoms with van der Waals surface area (Å²) in [5.41, 5.74) is 9.67. The fraction of sp³-hybridized carbons (Fsp3) is 0.333. The number of nitrogens with two attached hydrogens (primary N) is 1. The molecule has 4 heteroatoms. The van der Waals surface area contributed by atoms with E-state index < -0.39 is 0 Å². The van der Waals surface area contributed by atoms with Crippen LogP contribution in [0.2, 0.25) is 0 Å². The van der Waals surface area contributed by atoms with Crippen molar-refractivity contribution in [2.45, 2.75) is 19.8 Å². The van der Waals surface area contributed by atoms with Crippen LogP contribution in [0.25, 0.3) is 0 Å². The summed E-state index contributed by atoms with van der Waals surface area (Å²) in [5.74, 6) is 1.11. The van der Waals surface area contributed by atoms with Crippen LogP contribution >= 0.6 is 27.3 Å². The molecule has 2 aromatic rings. The first-order valence-corrected chi connectivity index (χ1v) is 7.78. The highest BCUT2D eigenvalue weighted by Gasteiger charge is 2.19. The van der Waals surface area contributed by atoms with Crippen LogP contribution in [0, 0.1) is 13.8 Å². The summed E-state index contributed by atoms with van der Waals surface area (Å²) in [6.45, 7) is 4.79. The van der Waals surface area contributed by atoms with Gasteiger partial charge in [-0.15, -0.1) is 11.3 Å². The van der Waals surface area contributed by atoms with Gasteiger partial charge >= 0.3 is 0 Å². The van der Waals surface area contributed by atoms with Gasteiger partial charge in [-0.1, -0.05) is 6.07 Å². The maximum atomic E-state index is 5.99. The third kappa shape index (κ3) is 3.02. The molecule has 2 N–H and O–H groups in total. The maximum Gasteiger partial charge on any atom is 0.123 e. The molecule has 0 spiro atoms. The van der Waals surface area contributed by atoms with E-state index in [-0.39, 0.29) is 5.92 Å². The molecule has 2 nitrogen and oxygen atoms in total. The van der Waals surface area contributed by atoms with E-state index in [1.165, 1.54) is 21.6 Å². The first-order chi connectivity index (χ1) is 9.06. The second-order valence-corrected chi connectivity index (χ2v) is 7.10. The zero-order valence-electron chi connectivity index (χ0n) is 11.4. The standard InChI is InChI=1S/C15H18BrNOS/c1-9-6-11(13(18-3)7-10(9)2)12(8-17)14-4-5-15(16)19-14/h4-7,12H,8,17H2,1-3H3. The van der Waals surface area contributed by atoms with Gasteiger partial charge in [0.05, 0.1) is 10.9 Å². The second-order valence-electron chi connectivity index (χ2n) is 4.61. The number of hydrogen-bond acceptors (Lipinski definition) is 3. The summed E-state index contributed by atoms with van der Waals surface area (Å²) in [6, 6.07) is 8.48. The van der Waals surface area contributed by atoms with Crippen molar-refractivity contribution < 1.29 is 4.74 Å². The van der Waals surface area contributed by atoms with Crippen molar-refractivity contribution in [3.05, 3.63) is 49.6 Å². The van der Waals surface area contributed by atoms with Gasteiger partial charge in [-0.25, -0.2) is 0 Å². The Morgan fingerprint density at radius 1 is 1.26 bits per heavy atom. The molecule has 0 saturated carbocycles. The number of methoxy groups -OCH3 is 1. The molecule has 0 fully saturated rings. The molecule has 1 aromatic heterocycles. The van der Waals surface area contributed by atoms with Gasteiger partial charge in [0.1, 0.15) is 5.75 Å². The molecule has 1 atom stereocenters. The Balaban J connectivity index is 2.51. The highest BCUT2D eigenvalue weighted by atomic mass is 79.9. The molecule has 19 heavy (non-hydrogen) atoms. The fourth-order valence-electron chi connectivity index (χ4n) is 2.17. The minimum atomic E-state index is 0.186. The molecule has 0 amide bonds. The van der Waals surface area contributed by atoms with Crippen molar-refractivity contribution >= 4 is 27.3 Å². The number of ether oxygens (including phenoxy) is 1. The van der Waals surface area contributed by atoms with Gasteiger partial charge in [0.15, 0.2) is 0 Å². The van der Waals surface area contributed by atoms with Gasteiger partial charge in [-0.2, -0.15) is 0 Å². The quantitative estimate of drug-likeness (QED) is 0.904. The zero-order chi connectivity index (χ0) is 14.0. The molecule has 0 radical (unpaired) electrons. The predicted molar refractivity (Wildman–Crippen MR) is 85.4 cm³/mol. The summed E-state index contributed by atoms with van der Waals surface area (Å²) >= 11 is 5.24. The summed E-state index contributed by atoms with van der Waals surface area (Å²) in [5, 5.41) is 0. The summed E-state index contributed by atoms with van der Waals surface area (Å²) in [7, 11) is 1.71. The van der Waals surface area contributed by atoms with E-state index in [2.05, 4.69) is 54.0 Å². The Kier molecular flexibility index (Phi) is 4.66. The van der Waals surface area contributed by atoms with Gasteiger partial charge in [0, 0.05) is 22.9 Å². The first-order valence-electron chi connectivity index (χ1n) is 6.17. The van der Waals surface area contributed by atoms with Crippen molar-refractivity contribution in [2.75, 3.05) is 13.7 Å². The van der Waals surface area contributed by atoms with Crippen LogP contribution in [0.5, 0.6) is 5.75 Å². The number of halogens is 1. The molecular weight excluding hydrogens is 322 g/mol. The van der Waals surface area contributed by atoms with E-state index >= 15 is 0 Å². The number of aryl methyl sites for hydroxylation is 2. The Labute approximate surface area is 126 Å². The molecule has 0 aliphatic rings. The summed E-state index contributed by atoms with van der Waals surface area (Å²) in [4.78, 5) is 1.26. The molecule has 0 aliphatic carbocycles. The zero-order valence-corrected chi connectivity index (χ0v) is 13.8.